The number of rotatable bonds is 4. The Balaban J connectivity index is 1.58. The number of amides is 1. The first-order chi connectivity index (χ1) is 12.7. The Morgan fingerprint density at radius 2 is 1.50 bits per heavy atom. The molecule has 0 saturated heterocycles. The summed E-state index contributed by atoms with van der Waals surface area (Å²) in [7, 11) is 0. The van der Waals surface area contributed by atoms with Gasteiger partial charge in [-0.25, -0.2) is 0 Å². The van der Waals surface area contributed by atoms with Crippen molar-refractivity contribution in [3.05, 3.63) is 95.6 Å². The van der Waals surface area contributed by atoms with E-state index in [0.717, 1.165) is 28.1 Å². The molecule has 0 aromatic heterocycles. The summed E-state index contributed by atoms with van der Waals surface area (Å²) in [4.78, 5) is 12.1. The molecule has 0 aliphatic heterocycles. The number of hydrogen-bond donors (Lipinski definition) is 2. The SMILES string of the molecule is Cc1ccc(NC(=O)CNc2cccc(C#Cc3ccccc3)c2)cc1. The van der Waals surface area contributed by atoms with Gasteiger partial charge >= 0.3 is 0 Å². The predicted octanol–water partition coefficient (Wildman–Crippen LogP) is 4.45. The summed E-state index contributed by atoms with van der Waals surface area (Å²) >= 11 is 0. The molecule has 0 fully saturated rings. The van der Waals surface area contributed by atoms with Gasteiger partial charge in [0.25, 0.3) is 0 Å². The lowest BCUT2D eigenvalue weighted by Gasteiger charge is -2.08. The smallest absolute Gasteiger partial charge is 0.243 e. The van der Waals surface area contributed by atoms with Gasteiger partial charge in [-0.3, -0.25) is 4.79 Å². The molecule has 0 atom stereocenters. The summed E-state index contributed by atoms with van der Waals surface area (Å²) in [5.74, 6) is 6.19. The second kappa shape index (κ2) is 8.55. The van der Waals surface area contributed by atoms with E-state index in [9.17, 15) is 4.79 Å². The van der Waals surface area contributed by atoms with Gasteiger partial charge in [-0.2, -0.15) is 0 Å². The quantitative estimate of drug-likeness (QED) is 0.689. The molecular weight excluding hydrogens is 320 g/mol. The molecule has 0 heterocycles. The molecular formula is C23H20N2O. The number of carbonyl (C=O) groups excluding carboxylic acids is 1. The van der Waals surface area contributed by atoms with Crippen molar-refractivity contribution >= 4 is 17.3 Å². The molecule has 3 nitrogen and oxygen atoms in total. The van der Waals surface area contributed by atoms with Crippen LogP contribution in [0.15, 0.2) is 78.9 Å². The highest BCUT2D eigenvalue weighted by atomic mass is 16.1. The third kappa shape index (κ3) is 5.25. The number of hydrogen-bond acceptors (Lipinski definition) is 2. The van der Waals surface area contributed by atoms with Gasteiger partial charge in [0.05, 0.1) is 6.54 Å². The van der Waals surface area contributed by atoms with Gasteiger partial charge in [0.15, 0.2) is 0 Å². The highest BCUT2D eigenvalue weighted by molar-refractivity contribution is 5.93. The Morgan fingerprint density at radius 3 is 2.27 bits per heavy atom. The van der Waals surface area contributed by atoms with Crippen LogP contribution in [0.4, 0.5) is 11.4 Å². The third-order valence-corrected chi connectivity index (χ3v) is 3.78. The topological polar surface area (TPSA) is 41.1 Å². The molecule has 3 heteroatoms. The van der Waals surface area contributed by atoms with Gasteiger partial charge in [0, 0.05) is 22.5 Å². The third-order valence-electron chi connectivity index (χ3n) is 3.78. The van der Waals surface area contributed by atoms with E-state index in [-0.39, 0.29) is 12.5 Å². The van der Waals surface area contributed by atoms with Crippen molar-refractivity contribution in [2.75, 3.05) is 17.2 Å². The molecule has 0 saturated carbocycles. The zero-order valence-corrected chi connectivity index (χ0v) is 14.6. The van der Waals surface area contributed by atoms with E-state index in [1.165, 1.54) is 0 Å². The molecule has 0 unspecified atom stereocenters. The van der Waals surface area contributed by atoms with Crippen LogP contribution < -0.4 is 10.6 Å². The number of anilines is 2. The summed E-state index contributed by atoms with van der Waals surface area (Å²) in [6, 6.07) is 25.3. The van der Waals surface area contributed by atoms with E-state index in [4.69, 9.17) is 0 Å². The lowest BCUT2D eigenvalue weighted by atomic mass is 10.1. The fourth-order valence-corrected chi connectivity index (χ4v) is 2.40. The Bertz CT molecular complexity index is 935. The summed E-state index contributed by atoms with van der Waals surface area (Å²) in [5, 5.41) is 6.01. The second-order valence-corrected chi connectivity index (χ2v) is 5.96. The molecule has 3 aromatic carbocycles. The molecule has 0 radical (unpaired) electrons. The highest BCUT2D eigenvalue weighted by Crippen LogP contribution is 2.11. The minimum absolute atomic E-state index is 0.0883. The number of benzene rings is 3. The van der Waals surface area contributed by atoms with Crippen molar-refractivity contribution in [2.45, 2.75) is 6.92 Å². The molecule has 3 aromatic rings. The molecule has 26 heavy (non-hydrogen) atoms. The molecule has 0 bridgehead atoms. The normalized spacial score (nSPS) is 9.73. The van der Waals surface area contributed by atoms with Crippen LogP contribution in [0.2, 0.25) is 0 Å². The van der Waals surface area contributed by atoms with E-state index in [2.05, 4.69) is 22.5 Å². The number of nitrogens with one attached hydrogen (secondary N) is 2. The molecule has 128 valence electrons. The van der Waals surface area contributed by atoms with E-state index in [1.54, 1.807) is 0 Å². The Hall–Kier alpha value is -3.51. The largest absolute Gasteiger partial charge is 0.376 e. The Kier molecular flexibility index (Phi) is 5.69. The molecule has 2 N–H and O–H groups in total. The molecule has 0 spiro atoms. The average Bonchev–Trinajstić information content (AvgIpc) is 2.68. The fraction of sp³-hybridized carbons (Fsp3) is 0.0870. The van der Waals surface area contributed by atoms with Crippen molar-refractivity contribution in [3.8, 4) is 11.8 Å². The van der Waals surface area contributed by atoms with Crippen molar-refractivity contribution in [1.29, 1.82) is 0 Å². The monoisotopic (exact) mass is 340 g/mol. The van der Waals surface area contributed by atoms with Gasteiger partial charge < -0.3 is 10.6 Å². The van der Waals surface area contributed by atoms with Crippen LogP contribution in [0.5, 0.6) is 0 Å². The Labute approximate surface area is 154 Å². The van der Waals surface area contributed by atoms with Crippen molar-refractivity contribution in [2.24, 2.45) is 0 Å². The van der Waals surface area contributed by atoms with Crippen LogP contribution in [-0.4, -0.2) is 12.5 Å². The van der Waals surface area contributed by atoms with Crippen molar-refractivity contribution < 1.29 is 4.79 Å². The minimum atomic E-state index is -0.0883. The van der Waals surface area contributed by atoms with Crippen LogP contribution in [0.25, 0.3) is 0 Å². The Morgan fingerprint density at radius 1 is 0.808 bits per heavy atom. The first-order valence-corrected chi connectivity index (χ1v) is 8.46. The van der Waals surface area contributed by atoms with E-state index in [0.29, 0.717) is 0 Å². The summed E-state index contributed by atoms with van der Waals surface area (Å²) in [6.45, 7) is 2.21. The van der Waals surface area contributed by atoms with Gasteiger partial charge in [0.1, 0.15) is 0 Å². The van der Waals surface area contributed by atoms with Gasteiger partial charge in [0.2, 0.25) is 5.91 Å². The first-order valence-electron chi connectivity index (χ1n) is 8.46. The van der Waals surface area contributed by atoms with Crippen LogP contribution in [0.1, 0.15) is 16.7 Å². The predicted molar refractivity (Wildman–Crippen MR) is 107 cm³/mol. The van der Waals surface area contributed by atoms with Gasteiger partial charge in [-0.1, -0.05) is 53.8 Å². The summed E-state index contributed by atoms with van der Waals surface area (Å²) < 4.78 is 0. The lowest BCUT2D eigenvalue weighted by molar-refractivity contribution is -0.114. The minimum Gasteiger partial charge on any atom is -0.376 e. The van der Waals surface area contributed by atoms with Gasteiger partial charge in [-0.05, 0) is 49.4 Å². The van der Waals surface area contributed by atoms with E-state index >= 15 is 0 Å². The standard InChI is InChI=1S/C23H20N2O/c1-18-10-14-21(15-11-18)25-23(26)17-24-22-9-5-8-20(16-22)13-12-19-6-3-2-4-7-19/h2-11,14-16,24H,17H2,1H3,(H,25,26). The highest BCUT2D eigenvalue weighted by Gasteiger charge is 2.02. The van der Waals surface area contributed by atoms with Crippen LogP contribution >= 0.6 is 0 Å². The fourth-order valence-electron chi connectivity index (χ4n) is 2.40. The van der Waals surface area contributed by atoms with Crippen LogP contribution in [0, 0.1) is 18.8 Å². The summed E-state index contributed by atoms with van der Waals surface area (Å²) in [5.41, 5.74) is 4.70. The number of aryl methyl sites for hydroxylation is 1. The molecule has 0 aliphatic rings. The van der Waals surface area contributed by atoms with Gasteiger partial charge in [-0.15, -0.1) is 0 Å². The maximum Gasteiger partial charge on any atom is 0.243 e. The maximum absolute atomic E-state index is 12.1. The van der Waals surface area contributed by atoms with E-state index in [1.807, 2.05) is 85.8 Å². The number of carbonyl (C=O) groups is 1. The lowest BCUT2D eigenvalue weighted by Crippen LogP contribution is -2.21. The average molecular weight is 340 g/mol. The van der Waals surface area contributed by atoms with Crippen LogP contribution in [0.3, 0.4) is 0 Å². The van der Waals surface area contributed by atoms with Crippen molar-refractivity contribution in [3.63, 3.8) is 0 Å². The zero-order valence-electron chi connectivity index (χ0n) is 14.6. The summed E-state index contributed by atoms with van der Waals surface area (Å²) in [6.07, 6.45) is 0. The molecule has 3 rings (SSSR count). The van der Waals surface area contributed by atoms with Crippen LogP contribution in [-0.2, 0) is 4.79 Å². The second-order valence-electron chi connectivity index (χ2n) is 5.96. The van der Waals surface area contributed by atoms with E-state index < -0.39 is 0 Å². The molecule has 1 amide bonds. The zero-order chi connectivity index (χ0) is 18.2. The van der Waals surface area contributed by atoms with Crippen molar-refractivity contribution in [1.82, 2.24) is 0 Å². The molecule has 0 aliphatic carbocycles. The first kappa shape index (κ1) is 17.3. The maximum atomic E-state index is 12.1.